The highest BCUT2D eigenvalue weighted by atomic mass is 79.9. The number of ether oxygens (including phenoxy) is 2. The van der Waals surface area contributed by atoms with Crippen molar-refractivity contribution < 1.29 is 22.7 Å². The lowest BCUT2D eigenvalue weighted by atomic mass is 10.2. The van der Waals surface area contributed by atoms with Crippen molar-refractivity contribution in [3.8, 4) is 0 Å². The molecule has 1 rings (SSSR count). The minimum absolute atomic E-state index is 0.0162. The first-order valence-corrected chi connectivity index (χ1v) is 8.65. The molecule has 0 atom stereocenters. The first-order chi connectivity index (χ1) is 9.92. The minimum atomic E-state index is -3.66. The highest BCUT2D eigenvalue weighted by molar-refractivity contribution is 9.10. The van der Waals surface area contributed by atoms with Crippen LogP contribution in [0.3, 0.4) is 0 Å². The summed E-state index contributed by atoms with van der Waals surface area (Å²) < 4.78 is 36.9. The van der Waals surface area contributed by atoms with Gasteiger partial charge in [0.1, 0.15) is 0 Å². The van der Waals surface area contributed by atoms with Gasteiger partial charge in [-0.15, -0.1) is 0 Å². The summed E-state index contributed by atoms with van der Waals surface area (Å²) in [6.07, 6.45) is 0.577. The number of carbonyl (C=O) groups is 1. The van der Waals surface area contributed by atoms with Gasteiger partial charge in [-0.25, -0.2) is 17.9 Å². The van der Waals surface area contributed by atoms with E-state index in [2.05, 4.69) is 25.4 Å². The Morgan fingerprint density at radius 2 is 2.10 bits per heavy atom. The van der Waals surface area contributed by atoms with E-state index in [0.29, 0.717) is 24.1 Å². The fourth-order valence-corrected chi connectivity index (χ4v) is 3.05. The Labute approximate surface area is 133 Å². The monoisotopic (exact) mass is 379 g/mol. The molecular formula is C13H18BrNO5S. The van der Waals surface area contributed by atoms with Gasteiger partial charge in [-0.2, -0.15) is 0 Å². The van der Waals surface area contributed by atoms with Crippen molar-refractivity contribution in [2.45, 2.75) is 18.2 Å². The molecule has 0 aliphatic rings. The largest absolute Gasteiger partial charge is 0.465 e. The molecule has 1 aromatic rings. The predicted molar refractivity (Wildman–Crippen MR) is 81.8 cm³/mol. The number of hydrogen-bond donors (Lipinski definition) is 1. The molecule has 0 saturated carbocycles. The van der Waals surface area contributed by atoms with E-state index in [4.69, 9.17) is 4.74 Å². The molecule has 118 valence electrons. The highest BCUT2D eigenvalue weighted by Gasteiger charge is 2.18. The molecule has 0 bridgehead atoms. The second kappa shape index (κ2) is 8.47. The van der Waals surface area contributed by atoms with Gasteiger partial charge in [0.15, 0.2) is 0 Å². The van der Waals surface area contributed by atoms with E-state index in [9.17, 15) is 13.2 Å². The van der Waals surface area contributed by atoms with Gasteiger partial charge in [0.05, 0.1) is 17.6 Å². The van der Waals surface area contributed by atoms with Crippen LogP contribution in [0.25, 0.3) is 0 Å². The van der Waals surface area contributed by atoms with Gasteiger partial charge in [0.25, 0.3) is 0 Å². The van der Waals surface area contributed by atoms with Crippen LogP contribution in [-0.4, -0.2) is 41.3 Å². The number of carbonyl (C=O) groups excluding carboxylic acids is 1. The molecule has 0 aromatic heterocycles. The summed E-state index contributed by atoms with van der Waals surface area (Å²) in [7, 11) is -2.42. The van der Waals surface area contributed by atoms with Gasteiger partial charge in [0.2, 0.25) is 10.0 Å². The maximum absolute atomic E-state index is 12.1. The molecular weight excluding hydrogens is 362 g/mol. The van der Waals surface area contributed by atoms with Crippen LogP contribution >= 0.6 is 15.9 Å². The van der Waals surface area contributed by atoms with Crippen LogP contribution in [0.1, 0.15) is 23.7 Å². The van der Waals surface area contributed by atoms with Gasteiger partial charge < -0.3 is 9.47 Å². The summed E-state index contributed by atoms with van der Waals surface area (Å²) in [5.74, 6) is -0.602. The smallest absolute Gasteiger partial charge is 0.339 e. The molecule has 0 aliphatic carbocycles. The van der Waals surface area contributed by atoms with Gasteiger partial charge in [0, 0.05) is 24.2 Å². The standard InChI is InChI=1S/C13H18BrNO5S/c1-3-20-8-4-7-15-21(17,18)10-5-6-12(14)11(9-10)13(16)19-2/h5-6,9,15H,3-4,7-8H2,1-2H3. The van der Waals surface area contributed by atoms with Crippen molar-refractivity contribution >= 4 is 31.9 Å². The van der Waals surface area contributed by atoms with Gasteiger partial charge in [-0.3, -0.25) is 0 Å². The number of esters is 1. The van der Waals surface area contributed by atoms with E-state index in [1.165, 1.54) is 25.3 Å². The van der Waals surface area contributed by atoms with Gasteiger partial charge >= 0.3 is 5.97 Å². The summed E-state index contributed by atoms with van der Waals surface area (Å²) >= 11 is 3.19. The quantitative estimate of drug-likeness (QED) is 0.551. The van der Waals surface area contributed by atoms with Crippen LogP contribution in [0, 0.1) is 0 Å². The Balaban J connectivity index is 2.81. The normalized spacial score (nSPS) is 11.4. The summed E-state index contributed by atoms with van der Waals surface area (Å²) in [6.45, 7) is 3.24. The van der Waals surface area contributed by atoms with E-state index in [1.807, 2.05) is 6.92 Å². The molecule has 8 heteroatoms. The Bertz CT molecular complexity index is 588. The average Bonchev–Trinajstić information content (AvgIpc) is 2.46. The molecule has 0 saturated heterocycles. The summed E-state index contributed by atoms with van der Waals surface area (Å²) in [5.41, 5.74) is 0.162. The van der Waals surface area contributed by atoms with Crippen molar-refractivity contribution in [1.82, 2.24) is 4.72 Å². The van der Waals surface area contributed by atoms with Crippen LogP contribution in [0.2, 0.25) is 0 Å². The second-order valence-corrected chi connectivity index (χ2v) is 6.70. The second-order valence-electron chi connectivity index (χ2n) is 4.08. The maximum Gasteiger partial charge on any atom is 0.339 e. The minimum Gasteiger partial charge on any atom is -0.465 e. The van der Waals surface area contributed by atoms with Crippen LogP contribution in [-0.2, 0) is 19.5 Å². The fraction of sp³-hybridized carbons (Fsp3) is 0.462. The molecule has 21 heavy (non-hydrogen) atoms. The maximum atomic E-state index is 12.1. The molecule has 0 radical (unpaired) electrons. The topological polar surface area (TPSA) is 81.7 Å². The zero-order valence-corrected chi connectivity index (χ0v) is 14.3. The number of methoxy groups -OCH3 is 1. The predicted octanol–water partition coefficient (Wildman–Crippen LogP) is 1.94. The lowest BCUT2D eigenvalue weighted by molar-refractivity contribution is 0.0599. The third-order valence-electron chi connectivity index (χ3n) is 2.62. The van der Waals surface area contributed by atoms with Crippen LogP contribution in [0.4, 0.5) is 0 Å². The summed E-state index contributed by atoms with van der Waals surface area (Å²) in [6, 6.07) is 4.20. The van der Waals surface area contributed by atoms with Crippen LogP contribution in [0.5, 0.6) is 0 Å². The van der Waals surface area contributed by atoms with Crippen molar-refractivity contribution in [3.63, 3.8) is 0 Å². The third-order valence-corrected chi connectivity index (χ3v) is 4.77. The molecule has 1 aromatic carbocycles. The first kappa shape index (κ1) is 18.1. The Morgan fingerprint density at radius 1 is 1.38 bits per heavy atom. The van der Waals surface area contributed by atoms with Gasteiger partial charge in [-0.1, -0.05) is 0 Å². The zero-order chi connectivity index (χ0) is 15.9. The van der Waals surface area contributed by atoms with Gasteiger partial charge in [-0.05, 0) is 47.5 Å². The Hall–Kier alpha value is -0.960. The Kier molecular flexibility index (Phi) is 7.30. The molecule has 0 fully saturated rings. The number of benzene rings is 1. The lowest BCUT2D eigenvalue weighted by Gasteiger charge is -2.09. The fourth-order valence-electron chi connectivity index (χ4n) is 1.55. The van der Waals surface area contributed by atoms with Crippen molar-refractivity contribution in [2.24, 2.45) is 0 Å². The molecule has 1 N–H and O–H groups in total. The SMILES string of the molecule is CCOCCCNS(=O)(=O)c1ccc(Br)c(C(=O)OC)c1. The van der Waals surface area contributed by atoms with E-state index in [-0.39, 0.29) is 17.0 Å². The number of sulfonamides is 1. The van der Waals surface area contributed by atoms with Crippen LogP contribution < -0.4 is 4.72 Å². The van der Waals surface area contributed by atoms with E-state index >= 15 is 0 Å². The molecule has 0 unspecified atom stereocenters. The molecule has 6 nitrogen and oxygen atoms in total. The van der Waals surface area contributed by atoms with Crippen molar-refractivity contribution in [2.75, 3.05) is 26.9 Å². The number of rotatable bonds is 8. The Morgan fingerprint density at radius 3 is 2.71 bits per heavy atom. The zero-order valence-electron chi connectivity index (χ0n) is 11.9. The lowest BCUT2D eigenvalue weighted by Crippen LogP contribution is -2.26. The molecule has 0 heterocycles. The molecule has 0 spiro atoms. The van der Waals surface area contributed by atoms with Crippen molar-refractivity contribution in [1.29, 1.82) is 0 Å². The highest BCUT2D eigenvalue weighted by Crippen LogP contribution is 2.21. The van der Waals surface area contributed by atoms with E-state index in [0.717, 1.165) is 0 Å². The molecule has 0 aliphatic heterocycles. The van der Waals surface area contributed by atoms with E-state index in [1.54, 1.807) is 0 Å². The third kappa shape index (κ3) is 5.39. The first-order valence-electron chi connectivity index (χ1n) is 6.37. The van der Waals surface area contributed by atoms with Crippen molar-refractivity contribution in [3.05, 3.63) is 28.2 Å². The average molecular weight is 380 g/mol. The summed E-state index contributed by atoms with van der Waals surface area (Å²) in [4.78, 5) is 11.6. The summed E-state index contributed by atoms with van der Waals surface area (Å²) in [5, 5.41) is 0. The number of nitrogens with one attached hydrogen (secondary N) is 1. The molecule has 0 amide bonds. The number of halogens is 1. The number of hydrogen-bond acceptors (Lipinski definition) is 5. The van der Waals surface area contributed by atoms with Crippen LogP contribution in [0.15, 0.2) is 27.6 Å². The van der Waals surface area contributed by atoms with E-state index < -0.39 is 16.0 Å².